The Kier molecular flexibility index (Phi) is 6.98. The number of carboxylic acids is 1. The summed E-state index contributed by atoms with van der Waals surface area (Å²) in [7, 11) is -3.35. The van der Waals surface area contributed by atoms with Crippen molar-refractivity contribution in [2.45, 2.75) is 24.7 Å². The van der Waals surface area contributed by atoms with Crippen LogP contribution in [0.1, 0.15) is 34.2 Å². The maximum Gasteiger partial charge on any atom is 0.328 e. The Labute approximate surface area is 204 Å². The van der Waals surface area contributed by atoms with Crippen LogP contribution < -0.4 is 0 Å². The highest BCUT2D eigenvalue weighted by Gasteiger charge is 2.13. The van der Waals surface area contributed by atoms with Crippen LogP contribution in [-0.4, -0.2) is 35.9 Å². The molecular weight excluding hydrogens is 460 g/mol. The minimum absolute atomic E-state index is 0.290. The van der Waals surface area contributed by atoms with Crippen molar-refractivity contribution in [3.8, 4) is 0 Å². The van der Waals surface area contributed by atoms with Crippen molar-refractivity contribution >= 4 is 44.4 Å². The first-order valence-electron chi connectivity index (χ1n) is 11.1. The van der Waals surface area contributed by atoms with Gasteiger partial charge in [-0.1, -0.05) is 42.5 Å². The first kappa shape index (κ1) is 24.2. The molecule has 0 spiro atoms. The summed E-state index contributed by atoms with van der Waals surface area (Å²) in [6.07, 6.45) is 9.21. The number of fused-ring (bicyclic) bond motifs is 1. The number of nitrogens with zero attached hydrogens (tertiary/aromatic N) is 1. The second kappa shape index (κ2) is 10.1. The van der Waals surface area contributed by atoms with E-state index in [9.17, 15) is 13.2 Å². The number of sulfone groups is 1. The van der Waals surface area contributed by atoms with Crippen LogP contribution in [-0.2, 0) is 21.1 Å². The summed E-state index contributed by atoms with van der Waals surface area (Å²) in [5.74, 6) is -0.994. The number of H-pyrrole nitrogens is 1. The normalized spacial score (nSPS) is 12.5. The van der Waals surface area contributed by atoms with Crippen LogP contribution in [0.25, 0.3) is 28.6 Å². The number of aromatic nitrogens is 2. The Hall–Kier alpha value is -3.97. The molecule has 1 heterocycles. The molecule has 1 aromatic heterocycles. The Balaban J connectivity index is 1.70. The van der Waals surface area contributed by atoms with Gasteiger partial charge < -0.3 is 5.11 Å². The lowest BCUT2D eigenvalue weighted by Crippen LogP contribution is -2.00. The highest BCUT2D eigenvalue weighted by Crippen LogP contribution is 2.29. The second-order valence-electron chi connectivity index (χ2n) is 8.55. The molecule has 0 aliphatic heterocycles. The van der Waals surface area contributed by atoms with Crippen molar-refractivity contribution in [3.05, 3.63) is 101 Å². The molecule has 0 aliphatic rings. The predicted octanol–water partition coefficient (Wildman–Crippen LogP) is 5.55. The van der Waals surface area contributed by atoms with Gasteiger partial charge in [-0.15, -0.1) is 0 Å². The smallest absolute Gasteiger partial charge is 0.328 e. The van der Waals surface area contributed by atoms with Crippen LogP contribution in [0.15, 0.2) is 77.8 Å². The van der Waals surface area contributed by atoms with Crippen molar-refractivity contribution in [1.82, 2.24) is 10.2 Å². The molecule has 0 fully saturated rings. The zero-order chi connectivity index (χ0) is 25.0. The predicted molar refractivity (Wildman–Crippen MR) is 140 cm³/mol. The molecule has 0 radical (unpaired) electrons. The summed E-state index contributed by atoms with van der Waals surface area (Å²) in [5, 5.41) is 16.9. The quantitative estimate of drug-likeness (QED) is 0.251. The number of rotatable bonds is 8. The van der Waals surface area contributed by atoms with E-state index < -0.39 is 15.8 Å². The van der Waals surface area contributed by atoms with Crippen LogP contribution in [0.2, 0.25) is 0 Å². The van der Waals surface area contributed by atoms with Gasteiger partial charge in [-0.05, 0) is 83.5 Å². The number of hydrogen-bond donors (Lipinski definition) is 2. The van der Waals surface area contributed by atoms with Crippen molar-refractivity contribution in [2.24, 2.45) is 0 Å². The monoisotopic (exact) mass is 486 g/mol. The molecule has 4 rings (SSSR count). The third kappa shape index (κ3) is 6.13. The van der Waals surface area contributed by atoms with Gasteiger partial charge in [0.2, 0.25) is 0 Å². The molecule has 7 heteroatoms. The van der Waals surface area contributed by atoms with Crippen LogP contribution >= 0.6 is 0 Å². The van der Waals surface area contributed by atoms with Gasteiger partial charge in [0.05, 0.1) is 16.6 Å². The van der Waals surface area contributed by atoms with Crippen LogP contribution in [0.3, 0.4) is 0 Å². The summed E-state index contributed by atoms with van der Waals surface area (Å²) in [5.41, 5.74) is 6.79. The lowest BCUT2D eigenvalue weighted by atomic mass is 9.93. The fourth-order valence-electron chi connectivity index (χ4n) is 3.96. The van der Waals surface area contributed by atoms with E-state index in [2.05, 4.69) is 28.4 Å². The van der Waals surface area contributed by atoms with E-state index >= 15 is 0 Å². The first-order chi connectivity index (χ1) is 16.7. The summed E-state index contributed by atoms with van der Waals surface area (Å²) in [4.78, 5) is 11.1. The van der Waals surface area contributed by atoms with Crippen LogP contribution in [0.4, 0.5) is 0 Å². The minimum atomic E-state index is -3.35. The number of carbonyl (C=O) groups is 1. The standard InChI is InChI=1S/C28H26N2O4S/c1-19-3-12-25(35(2,33)34)17-26(19)23(11-8-22-9-13-27-24(16-22)18-29-30-27)15-21-6-4-20(5-7-21)10-14-28(31)32/h3-7,9-10,12-18H,8,11H2,1-2H3,(H,29,30)(H,31,32)/b14-10+,23-15+. The van der Waals surface area contributed by atoms with Crippen molar-refractivity contribution in [1.29, 1.82) is 0 Å². The molecule has 0 aliphatic carbocycles. The Bertz CT molecular complexity index is 1550. The lowest BCUT2D eigenvalue weighted by Gasteiger charge is -2.14. The van der Waals surface area contributed by atoms with E-state index in [1.165, 1.54) is 6.26 Å². The van der Waals surface area contributed by atoms with E-state index in [1.54, 1.807) is 24.4 Å². The highest BCUT2D eigenvalue weighted by molar-refractivity contribution is 7.90. The fourth-order valence-corrected chi connectivity index (χ4v) is 4.61. The molecule has 0 unspecified atom stereocenters. The fraction of sp³-hybridized carbons (Fsp3) is 0.143. The highest BCUT2D eigenvalue weighted by atomic mass is 32.2. The summed E-state index contributed by atoms with van der Waals surface area (Å²) in [6.45, 7) is 1.98. The molecule has 35 heavy (non-hydrogen) atoms. The van der Waals surface area contributed by atoms with Crippen molar-refractivity contribution < 1.29 is 18.3 Å². The molecule has 178 valence electrons. The van der Waals surface area contributed by atoms with Crippen molar-refractivity contribution in [3.63, 3.8) is 0 Å². The molecule has 0 bridgehead atoms. The number of aliphatic carboxylic acids is 1. The molecule has 0 saturated carbocycles. The first-order valence-corrected chi connectivity index (χ1v) is 13.0. The Morgan fingerprint density at radius 1 is 1.03 bits per heavy atom. The van der Waals surface area contributed by atoms with E-state index in [1.807, 2.05) is 43.3 Å². The molecule has 0 saturated heterocycles. The van der Waals surface area contributed by atoms with E-state index in [-0.39, 0.29) is 4.90 Å². The number of allylic oxidation sites excluding steroid dienone is 1. The molecule has 3 aromatic carbocycles. The molecule has 2 N–H and O–H groups in total. The number of benzene rings is 3. The Morgan fingerprint density at radius 2 is 1.77 bits per heavy atom. The van der Waals surface area contributed by atoms with Gasteiger partial charge >= 0.3 is 5.97 Å². The van der Waals surface area contributed by atoms with Gasteiger partial charge in [-0.25, -0.2) is 13.2 Å². The van der Waals surface area contributed by atoms with Gasteiger partial charge in [-0.2, -0.15) is 5.10 Å². The van der Waals surface area contributed by atoms with Gasteiger partial charge in [0.25, 0.3) is 0 Å². The van der Waals surface area contributed by atoms with Gasteiger partial charge in [-0.3, -0.25) is 5.10 Å². The number of nitrogens with one attached hydrogen (secondary N) is 1. The maximum absolute atomic E-state index is 12.2. The number of aromatic amines is 1. The van der Waals surface area contributed by atoms with E-state index in [0.717, 1.165) is 56.8 Å². The largest absolute Gasteiger partial charge is 0.478 e. The van der Waals surface area contributed by atoms with Gasteiger partial charge in [0.15, 0.2) is 9.84 Å². The average Bonchev–Trinajstić information content (AvgIpc) is 3.29. The third-order valence-corrected chi connectivity index (χ3v) is 6.98. The van der Waals surface area contributed by atoms with E-state index in [4.69, 9.17) is 5.11 Å². The summed E-state index contributed by atoms with van der Waals surface area (Å²) in [6, 6.07) is 19.0. The maximum atomic E-state index is 12.2. The third-order valence-electron chi connectivity index (χ3n) is 5.87. The molecule has 6 nitrogen and oxygen atoms in total. The van der Waals surface area contributed by atoms with Crippen LogP contribution in [0.5, 0.6) is 0 Å². The second-order valence-corrected chi connectivity index (χ2v) is 10.6. The summed E-state index contributed by atoms with van der Waals surface area (Å²) < 4.78 is 24.5. The average molecular weight is 487 g/mol. The minimum Gasteiger partial charge on any atom is -0.478 e. The lowest BCUT2D eigenvalue weighted by molar-refractivity contribution is -0.131. The van der Waals surface area contributed by atoms with Crippen LogP contribution in [0, 0.1) is 6.92 Å². The van der Waals surface area contributed by atoms with Crippen molar-refractivity contribution in [2.75, 3.05) is 6.26 Å². The number of hydrogen-bond acceptors (Lipinski definition) is 4. The number of carboxylic acid groups (broad SMARTS) is 1. The molecule has 4 aromatic rings. The summed E-state index contributed by atoms with van der Waals surface area (Å²) >= 11 is 0. The Morgan fingerprint density at radius 3 is 2.49 bits per heavy atom. The number of aryl methyl sites for hydroxylation is 2. The van der Waals surface area contributed by atoms with E-state index in [0.29, 0.717) is 6.42 Å². The topological polar surface area (TPSA) is 100 Å². The van der Waals surface area contributed by atoms with Gasteiger partial charge in [0.1, 0.15) is 0 Å². The zero-order valence-corrected chi connectivity index (χ0v) is 20.3. The SMILES string of the molecule is Cc1ccc(S(C)(=O)=O)cc1/C(=C/c1ccc(/C=C/C(=O)O)cc1)CCc1ccc2[nH]ncc2c1. The molecular formula is C28H26N2O4S. The molecule has 0 atom stereocenters. The zero-order valence-electron chi connectivity index (χ0n) is 19.5. The van der Waals surface area contributed by atoms with Gasteiger partial charge in [0, 0.05) is 17.7 Å². The molecule has 0 amide bonds.